The first-order valence-electron chi connectivity index (χ1n) is 5.44. The number of aromatic nitrogens is 2. The number of hydrogen-bond donors (Lipinski definition) is 2. The Bertz CT molecular complexity index is 440. The SMILES string of the molecule is CC.CC.Cc1cc2c[nH]c(=S)cc2[nH]1. The Morgan fingerprint density at radius 3 is 2.27 bits per heavy atom. The summed E-state index contributed by atoms with van der Waals surface area (Å²) in [6.07, 6.45) is 1.92. The molecule has 0 aliphatic heterocycles. The lowest BCUT2D eigenvalue weighted by molar-refractivity contribution is 1.29. The van der Waals surface area contributed by atoms with Crippen LogP contribution in [0.4, 0.5) is 0 Å². The van der Waals surface area contributed by atoms with Crippen molar-refractivity contribution in [3.63, 3.8) is 0 Å². The van der Waals surface area contributed by atoms with Gasteiger partial charge in [0.25, 0.3) is 0 Å². The van der Waals surface area contributed by atoms with Gasteiger partial charge in [-0.1, -0.05) is 39.9 Å². The monoisotopic (exact) mass is 224 g/mol. The Labute approximate surface area is 96.7 Å². The van der Waals surface area contributed by atoms with Crippen molar-refractivity contribution in [1.29, 1.82) is 0 Å². The van der Waals surface area contributed by atoms with E-state index < -0.39 is 0 Å². The highest BCUT2D eigenvalue weighted by atomic mass is 32.1. The maximum Gasteiger partial charge on any atom is 0.105 e. The molecule has 0 unspecified atom stereocenters. The van der Waals surface area contributed by atoms with E-state index in [4.69, 9.17) is 12.2 Å². The van der Waals surface area contributed by atoms with Gasteiger partial charge < -0.3 is 9.97 Å². The van der Waals surface area contributed by atoms with Gasteiger partial charge in [0.05, 0.1) is 0 Å². The van der Waals surface area contributed by atoms with Gasteiger partial charge in [-0.15, -0.1) is 0 Å². The summed E-state index contributed by atoms with van der Waals surface area (Å²) in [7, 11) is 0. The average molecular weight is 224 g/mol. The number of rotatable bonds is 0. The van der Waals surface area contributed by atoms with Crippen molar-refractivity contribution in [3.8, 4) is 0 Å². The van der Waals surface area contributed by atoms with Crippen molar-refractivity contribution in [2.45, 2.75) is 34.6 Å². The number of hydrogen-bond acceptors (Lipinski definition) is 1. The third-order valence-corrected chi connectivity index (χ3v) is 1.90. The van der Waals surface area contributed by atoms with Crippen molar-refractivity contribution < 1.29 is 0 Å². The zero-order valence-corrected chi connectivity index (χ0v) is 11.0. The molecule has 15 heavy (non-hydrogen) atoms. The second-order valence-electron chi connectivity index (χ2n) is 2.62. The van der Waals surface area contributed by atoms with E-state index in [-0.39, 0.29) is 0 Å². The smallest absolute Gasteiger partial charge is 0.105 e. The van der Waals surface area contributed by atoms with Gasteiger partial charge in [0.2, 0.25) is 0 Å². The molecule has 2 rings (SSSR count). The second-order valence-corrected chi connectivity index (χ2v) is 3.06. The van der Waals surface area contributed by atoms with Crippen LogP contribution >= 0.6 is 12.2 Å². The van der Waals surface area contributed by atoms with Crippen LogP contribution in [-0.4, -0.2) is 9.97 Å². The van der Waals surface area contributed by atoms with Gasteiger partial charge >= 0.3 is 0 Å². The second kappa shape index (κ2) is 7.23. The fourth-order valence-electron chi connectivity index (χ4n) is 1.19. The van der Waals surface area contributed by atoms with Crippen LogP contribution in [0.5, 0.6) is 0 Å². The highest BCUT2D eigenvalue weighted by molar-refractivity contribution is 7.71. The van der Waals surface area contributed by atoms with E-state index in [0.717, 1.165) is 15.9 Å². The molecule has 0 spiro atoms. The molecule has 0 bridgehead atoms. The van der Waals surface area contributed by atoms with Gasteiger partial charge in [0.1, 0.15) is 4.64 Å². The first-order valence-corrected chi connectivity index (χ1v) is 5.84. The van der Waals surface area contributed by atoms with Crippen molar-refractivity contribution in [2.75, 3.05) is 0 Å². The quantitative estimate of drug-likeness (QED) is 0.630. The summed E-state index contributed by atoms with van der Waals surface area (Å²) in [5.41, 5.74) is 2.26. The minimum Gasteiger partial charge on any atom is -0.359 e. The first kappa shape index (κ1) is 13.9. The normalized spacial score (nSPS) is 8.60. The Morgan fingerprint density at radius 1 is 1.07 bits per heavy atom. The molecule has 0 aromatic carbocycles. The van der Waals surface area contributed by atoms with E-state index in [2.05, 4.69) is 16.0 Å². The van der Waals surface area contributed by atoms with E-state index in [9.17, 15) is 0 Å². The Balaban J connectivity index is 0.000000442. The third kappa shape index (κ3) is 3.88. The van der Waals surface area contributed by atoms with Gasteiger partial charge in [-0.2, -0.15) is 0 Å². The Kier molecular flexibility index (Phi) is 6.71. The lowest BCUT2D eigenvalue weighted by atomic mass is 10.3. The van der Waals surface area contributed by atoms with E-state index in [1.165, 1.54) is 5.39 Å². The van der Waals surface area contributed by atoms with Gasteiger partial charge in [-0.05, 0) is 19.1 Å². The number of nitrogens with one attached hydrogen (secondary N) is 2. The molecule has 0 saturated heterocycles. The number of pyridine rings is 1. The number of aryl methyl sites for hydroxylation is 1. The number of aromatic amines is 2. The van der Waals surface area contributed by atoms with Crippen LogP contribution in [-0.2, 0) is 0 Å². The van der Waals surface area contributed by atoms with Crippen LogP contribution < -0.4 is 0 Å². The fraction of sp³-hybridized carbons (Fsp3) is 0.417. The highest BCUT2D eigenvalue weighted by Gasteiger charge is 1.94. The van der Waals surface area contributed by atoms with E-state index in [1.54, 1.807) is 0 Å². The molecule has 0 atom stereocenters. The number of H-pyrrole nitrogens is 2. The highest BCUT2D eigenvalue weighted by Crippen LogP contribution is 2.12. The molecule has 2 aromatic rings. The third-order valence-electron chi connectivity index (χ3n) is 1.66. The van der Waals surface area contributed by atoms with Crippen LogP contribution in [0.2, 0.25) is 0 Å². The summed E-state index contributed by atoms with van der Waals surface area (Å²) in [5.74, 6) is 0. The Morgan fingerprint density at radius 2 is 1.67 bits per heavy atom. The predicted octanol–water partition coefficient (Wildman–Crippen LogP) is 4.59. The molecule has 0 saturated carbocycles. The standard InChI is InChI=1S/C8H8N2S.2C2H6/c1-5-2-6-4-9-8(11)3-7(6)10-5;2*1-2/h2-4,10H,1H3,(H,9,11);2*1-2H3. The molecule has 0 radical (unpaired) electrons. The molecule has 0 fully saturated rings. The first-order chi connectivity index (χ1) is 7.25. The van der Waals surface area contributed by atoms with Gasteiger partial charge in [0.15, 0.2) is 0 Å². The van der Waals surface area contributed by atoms with Crippen LogP contribution in [0, 0.1) is 11.6 Å². The largest absolute Gasteiger partial charge is 0.359 e. The molecule has 84 valence electrons. The lowest BCUT2D eigenvalue weighted by Crippen LogP contribution is -1.72. The predicted molar refractivity (Wildman–Crippen MR) is 70.9 cm³/mol. The molecular formula is C12H20N2S. The molecule has 0 aliphatic carbocycles. The van der Waals surface area contributed by atoms with E-state index in [1.807, 2.05) is 46.9 Å². The lowest BCUT2D eigenvalue weighted by Gasteiger charge is -1.86. The van der Waals surface area contributed by atoms with Crippen molar-refractivity contribution in [2.24, 2.45) is 0 Å². The average Bonchev–Trinajstić information content (AvgIpc) is 2.63. The molecule has 2 N–H and O–H groups in total. The molecule has 2 heterocycles. The molecule has 3 heteroatoms. The van der Waals surface area contributed by atoms with Crippen LogP contribution in [0.3, 0.4) is 0 Å². The van der Waals surface area contributed by atoms with Crippen molar-refractivity contribution in [1.82, 2.24) is 9.97 Å². The summed E-state index contributed by atoms with van der Waals surface area (Å²) in [5, 5.41) is 1.18. The maximum atomic E-state index is 4.97. The topological polar surface area (TPSA) is 31.6 Å². The summed E-state index contributed by atoms with van der Waals surface area (Å²) in [6.45, 7) is 10.0. The Hall–Kier alpha value is -1.09. The van der Waals surface area contributed by atoms with Crippen molar-refractivity contribution >= 4 is 23.1 Å². The van der Waals surface area contributed by atoms with Gasteiger partial charge in [-0.25, -0.2) is 0 Å². The van der Waals surface area contributed by atoms with Crippen molar-refractivity contribution in [3.05, 3.63) is 28.7 Å². The minimum atomic E-state index is 0.763. The molecular weight excluding hydrogens is 204 g/mol. The maximum absolute atomic E-state index is 4.97. The molecule has 2 nitrogen and oxygen atoms in total. The minimum absolute atomic E-state index is 0.763. The summed E-state index contributed by atoms with van der Waals surface area (Å²) in [6, 6.07) is 4.01. The van der Waals surface area contributed by atoms with Gasteiger partial charge in [-0.3, -0.25) is 0 Å². The fourth-order valence-corrected chi connectivity index (χ4v) is 1.37. The van der Waals surface area contributed by atoms with Crippen LogP contribution in [0.1, 0.15) is 33.4 Å². The number of fused-ring (bicyclic) bond motifs is 1. The van der Waals surface area contributed by atoms with E-state index >= 15 is 0 Å². The van der Waals surface area contributed by atoms with E-state index in [0.29, 0.717) is 0 Å². The summed E-state index contributed by atoms with van der Waals surface area (Å²) < 4.78 is 0.763. The molecule has 0 aliphatic rings. The summed E-state index contributed by atoms with van der Waals surface area (Å²) in [4.78, 5) is 6.20. The van der Waals surface area contributed by atoms with Crippen LogP contribution in [0.25, 0.3) is 10.9 Å². The summed E-state index contributed by atoms with van der Waals surface area (Å²) >= 11 is 4.97. The molecule has 0 amide bonds. The molecule has 2 aromatic heterocycles. The van der Waals surface area contributed by atoms with Gasteiger partial charge in [0, 0.05) is 22.8 Å². The zero-order valence-electron chi connectivity index (χ0n) is 10.1. The van der Waals surface area contributed by atoms with Crippen LogP contribution in [0.15, 0.2) is 18.3 Å². The zero-order chi connectivity index (χ0) is 11.8.